The molecule has 128 valence electrons. The van der Waals surface area contributed by atoms with Gasteiger partial charge >= 0.3 is 0 Å². The maximum absolute atomic E-state index is 8.99. The predicted octanol–water partition coefficient (Wildman–Crippen LogP) is 2.40. The first-order valence-corrected chi connectivity index (χ1v) is 7.52. The molecule has 0 saturated carbocycles. The van der Waals surface area contributed by atoms with E-state index in [4.69, 9.17) is 16.7 Å². The van der Waals surface area contributed by atoms with Gasteiger partial charge in [-0.15, -0.1) is 24.0 Å². The standard InChI is InChI=1S/C16H21N7.HI/c1-2-11-5-3-6-12(9-11)21-16(19)20-8-4-7-14-13(10-17)15(18)23-22-14;/h3,5-6,9H,2,4,7-8H2,1H3,(H3,18,22,23)(H3,19,20,21);1H. The minimum absolute atomic E-state index is 0. The Bertz CT molecular complexity index is 730. The van der Waals surface area contributed by atoms with Crippen LogP contribution in [-0.4, -0.2) is 22.7 Å². The summed E-state index contributed by atoms with van der Waals surface area (Å²) in [4.78, 5) is 4.29. The summed E-state index contributed by atoms with van der Waals surface area (Å²) in [5.41, 5.74) is 14.8. The molecule has 0 amide bonds. The van der Waals surface area contributed by atoms with Crippen molar-refractivity contribution in [1.82, 2.24) is 10.2 Å². The molecule has 2 rings (SSSR count). The number of aromatic nitrogens is 2. The third-order valence-corrected chi connectivity index (χ3v) is 3.46. The molecular weight excluding hydrogens is 417 g/mol. The number of nitrogens with two attached hydrogens (primary N) is 2. The molecule has 1 heterocycles. The zero-order chi connectivity index (χ0) is 16.7. The number of nitrogen functional groups attached to an aromatic ring is 1. The van der Waals surface area contributed by atoms with Crippen LogP contribution in [0.15, 0.2) is 29.3 Å². The van der Waals surface area contributed by atoms with E-state index in [1.54, 1.807) is 0 Å². The lowest BCUT2D eigenvalue weighted by Crippen LogP contribution is -2.23. The number of rotatable bonds is 6. The Kier molecular flexibility index (Phi) is 8.05. The summed E-state index contributed by atoms with van der Waals surface area (Å²) < 4.78 is 0. The maximum Gasteiger partial charge on any atom is 0.193 e. The molecule has 0 atom stereocenters. The zero-order valence-corrected chi connectivity index (χ0v) is 15.9. The van der Waals surface area contributed by atoms with Gasteiger partial charge in [-0.25, -0.2) is 0 Å². The van der Waals surface area contributed by atoms with Crippen LogP contribution in [0.5, 0.6) is 0 Å². The van der Waals surface area contributed by atoms with Gasteiger partial charge in [0, 0.05) is 12.2 Å². The summed E-state index contributed by atoms with van der Waals surface area (Å²) in [5.74, 6) is 0.617. The van der Waals surface area contributed by atoms with Crippen LogP contribution in [-0.2, 0) is 12.8 Å². The molecule has 0 aliphatic heterocycles. The molecule has 0 aliphatic rings. The molecule has 24 heavy (non-hydrogen) atoms. The molecule has 1 aromatic heterocycles. The molecule has 6 N–H and O–H groups in total. The second-order valence-corrected chi connectivity index (χ2v) is 5.12. The first-order chi connectivity index (χ1) is 11.1. The Morgan fingerprint density at radius 1 is 1.46 bits per heavy atom. The van der Waals surface area contributed by atoms with Crippen molar-refractivity contribution in [3.8, 4) is 6.07 Å². The molecule has 0 fully saturated rings. The Morgan fingerprint density at radius 2 is 2.25 bits per heavy atom. The van der Waals surface area contributed by atoms with E-state index in [0.717, 1.165) is 24.2 Å². The Balaban J connectivity index is 0.00000288. The van der Waals surface area contributed by atoms with Crippen molar-refractivity contribution in [2.24, 2.45) is 10.7 Å². The third-order valence-electron chi connectivity index (χ3n) is 3.46. The second-order valence-electron chi connectivity index (χ2n) is 5.12. The predicted molar refractivity (Wildman–Crippen MR) is 107 cm³/mol. The van der Waals surface area contributed by atoms with Gasteiger partial charge in [0.05, 0.1) is 5.69 Å². The number of H-pyrrole nitrogens is 1. The van der Waals surface area contributed by atoms with Gasteiger partial charge < -0.3 is 16.8 Å². The highest BCUT2D eigenvalue weighted by atomic mass is 127. The summed E-state index contributed by atoms with van der Waals surface area (Å²) in [6.45, 7) is 2.66. The first kappa shape index (κ1) is 19.8. The van der Waals surface area contributed by atoms with E-state index in [-0.39, 0.29) is 29.8 Å². The number of benzene rings is 1. The van der Waals surface area contributed by atoms with Crippen molar-refractivity contribution in [2.45, 2.75) is 26.2 Å². The third kappa shape index (κ3) is 5.42. The van der Waals surface area contributed by atoms with Crippen molar-refractivity contribution < 1.29 is 0 Å². The molecule has 7 nitrogen and oxygen atoms in total. The summed E-state index contributed by atoms with van der Waals surface area (Å²) in [5, 5.41) is 18.7. The van der Waals surface area contributed by atoms with Crippen molar-refractivity contribution in [1.29, 1.82) is 5.26 Å². The highest BCUT2D eigenvalue weighted by Gasteiger charge is 2.09. The number of nitrogens with one attached hydrogen (secondary N) is 2. The molecule has 2 aromatic rings. The summed E-state index contributed by atoms with van der Waals surface area (Å²) >= 11 is 0. The molecule has 0 unspecified atom stereocenters. The monoisotopic (exact) mass is 439 g/mol. The minimum Gasteiger partial charge on any atom is -0.381 e. The van der Waals surface area contributed by atoms with Gasteiger partial charge in [0.1, 0.15) is 11.6 Å². The molecular formula is C16H22IN7. The van der Waals surface area contributed by atoms with Gasteiger partial charge in [-0.1, -0.05) is 19.1 Å². The molecule has 0 saturated heterocycles. The van der Waals surface area contributed by atoms with Crippen LogP contribution in [0.2, 0.25) is 0 Å². The van der Waals surface area contributed by atoms with Gasteiger partial charge in [0.2, 0.25) is 0 Å². The lowest BCUT2D eigenvalue weighted by molar-refractivity contribution is 0.802. The smallest absolute Gasteiger partial charge is 0.193 e. The van der Waals surface area contributed by atoms with E-state index >= 15 is 0 Å². The summed E-state index contributed by atoms with van der Waals surface area (Å²) in [7, 11) is 0. The van der Waals surface area contributed by atoms with E-state index < -0.39 is 0 Å². The normalized spacial score (nSPS) is 10.8. The lowest BCUT2D eigenvalue weighted by Gasteiger charge is -2.07. The molecule has 0 radical (unpaired) electrons. The van der Waals surface area contributed by atoms with Crippen LogP contribution < -0.4 is 16.8 Å². The maximum atomic E-state index is 8.99. The number of anilines is 2. The average molecular weight is 439 g/mol. The van der Waals surface area contributed by atoms with Gasteiger partial charge in [-0.3, -0.25) is 10.1 Å². The van der Waals surface area contributed by atoms with Crippen LogP contribution in [0.4, 0.5) is 11.5 Å². The van der Waals surface area contributed by atoms with Gasteiger partial charge in [-0.2, -0.15) is 10.4 Å². The number of hydrogen-bond acceptors (Lipinski definition) is 4. The average Bonchev–Trinajstić information content (AvgIpc) is 2.91. The Morgan fingerprint density at radius 3 is 2.96 bits per heavy atom. The highest BCUT2D eigenvalue weighted by Crippen LogP contribution is 2.13. The van der Waals surface area contributed by atoms with Crippen molar-refractivity contribution in [3.05, 3.63) is 41.1 Å². The van der Waals surface area contributed by atoms with E-state index in [1.807, 2.05) is 18.2 Å². The first-order valence-electron chi connectivity index (χ1n) is 7.52. The molecule has 0 aliphatic carbocycles. The van der Waals surface area contributed by atoms with Gasteiger partial charge in [-0.05, 0) is 37.0 Å². The van der Waals surface area contributed by atoms with Crippen molar-refractivity contribution >= 4 is 41.4 Å². The van der Waals surface area contributed by atoms with Crippen LogP contribution in [0.25, 0.3) is 0 Å². The fourth-order valence-electron chi connectivity index (χ4n) is 2.21. The highest BCUT2D eigenvalue weighted by molar-refractivity contribution is 14.0. The molecule has 1 aromatic carbocycles. The van der Waals surface area contributed by atoms with Crippen LogP contribution in [0.1, 0.15) is 30.2 Å². The number of aliphatic imine (C=N–C) groups is 1. The SMILES string of the molecule is CCc1cccc(NC(N)=NCCCc2[nH]nc(N)c2C#N)c1.I. The van der Waals surface area contributed by atoms with E-state index in [2.05, 4.69) is 39.6 Å². The van der Waals surface area contributed by atoms with Gasteiger partial charge in [0.15, 0.2) is 11.8 Å². The Labute approximate surface area is 158 Å². The molecule has 0 spiro atoms. The quantitative estimate of drug-likeness (QED) is 0.238. The molecule has 0 bridgehead atoms. The number of halogens is 1. The number of hydrogen-bond donors (Lipinski definition) is 4. The van der Waals surface area contributed by atoms with Crippen molar-refractivity contribution in [3.63, 3.8) is 0 Å². The lowest BCUT2D eigenvalue weighted by atomic mass is 10.1. The Hall–Kier alpha value is -2.28. The van der Waals surface area contributed by atoms with E-state index in [1.165, 1.54) is 5.56 Å². The summed E-state index contributed by atoms with van der Waals surface area (Å²) in [6, 6.07) is 10.1. The second kappa shape index (κ2) is 9.77. The number of nitrogens with zero attached hydrogens (tertiary/aromatic N) is 3. The number of aryl methyl sites for hydroxylation is 2. The zero-order valence-electron chi connectivity index (χ0n) is 13.5. The van der Waals surface area contributed by atoms with Gasteiger partial charge in [0.25, 0.3) is 0 Å². The fourth-order valence-corrected chi connectivity index (χ4v) is 2.21. The largest absolute Gasteiger partial charge is 0.381 e. The van der Waals surface area contributed by atoms with Crippen molar-refractivity contribution in [2.75, 3.05) is 17.6 Å². The summed E-state index contributed by atoms with van der Waals surface area (Å²) in [6.07, 6.45) is 2.37. The molecule has 8 heteroatoms. The van der Waals surface area contributed by atoms with Crippen LogP contribution in [0.3, 0.4) is 0 Å². The van der Waals surface area contributed by atoms with E-state index in [0.29, 0.717) is 24.5 Å². The minimum atomic E-state index is 0. The fraction of sp³-hybridized carbons (Fsp3) is 0.312. The topological polar surface area (TPSA) is 129 Å². The van der Waals surface area contributed by atoms with Crippen LogP contribution in [0, 0.1) is 11.3 Å². The number of aromatic amines is 1. The number of nitriles is 1. The number of guanidine groups is 1. The van der Waals surface area contributed by atoms with Crippen LogP contribution >= 0.6 is 24.0 Å². The van der Waals surface area contributed by atoms with E-state index in [9.17, 15) is 0 Å².